The van der Waals surface area contributed by atoms with Gasteiger partial charge in [0.25, 0.3) is 5.91 Å². The van der Waals surface area contributed by atoms with Gasteiger partial charge in [0, 0.05) is 20.1 Å². The highest BCUT2D eigenvalue weighted by Gasteiger charge is 2.22. The summed E-state index contributed by atoms with van der Waals surface area (Å²) in [5.41, 5.74) is 6.07. The number of carbonyl (C=O) groups is 1. The van der Waals surface area contributed by atoms with Gasteiger partial charge in [0.2, 0.25) is 0 Å². The van der Waals surface area contributed by atoms with E-state index in [2.05, 4.69) is 11.9 Å². The molecule has 1 atom stereocenters. The molecule has 0 spiro atoms. The van der Waals surface area contributed by atoms with Crippen molar-refractivity contribution in [3.8, 4) is 0 Å². The van der Waals surface area contributed by atoms with Crippen molar-refractivity contribution in [2.75, 3.05) is 33.7 Å². The maximum absolute atomic E-state index is 12.2. The standard InChI is InChI=1S/C14H23N3O2/c1-16-5-3-4-11(8-16)9-17(2)14(18)12-6-13(7-15)19-10-12/h6,10-11H,3-5,7-9,15H2,1-2H3. The number of hydrogen-bond acceptors (Lipinski definition) is 4. The predicted octanol–water partition coefficient (Wildman–Crippen LogP) is 1.15. The summed E-state index contributed by atoms with van der Waals surface area (Å²) in [7, 11) is 3.99. The van der Waals surface area contributed by atoms with E-state index in [1.54, 1.807) is 11.0 Å². The number of rotatable bonds is 4. The quantitative estimate of drug-likeness (QED) is 0.887. The van der Waals surface area contributed by atoms with Gasteiger partial charge in [-0.3, -0.25) is 4.79 Å². The molecule has 0 saturated carbocycles. The van der Waals surface area contributed by atoms with E-state index in [9.17, 15) is 4.79 Å². The second-order valence-electron chi connectivity index (χ2n) is 5.46. The predicted molar refractivity (Wildman–Crippen MR) is 73.8 cm³/mol. The fraction of sp³-hybridized carbons (Fsp3) is 0.643. The van der Waals surface area contributed by atoms with Gasteiger partial charge in [-0.15, -0.1) is 0 Å². The number of hydrogen-bond donors (Lipinski definition) is 1. The van der Waals surface area contributed by atoms with Crippen LogP contribution < -0.4 is 5.73 Å². The molecule has 1 aliphatic rings. The van der Waals surface area contributed by atoms with E-state index in [1.807, 2.05) is 7.05 Å². The Hall–Kier alpha value is -1.33. The van der Waals surface area contributed by atoms with E-state index in [4.69, 9.17) is 10.2 Å². The summed E-state index contributed by atoms with van der Waals surface area (Å²) in [5, 5.41) is 0. The minimum atomic E-state index is 0.0108. The van der Waals surface area contributed by atoms with Gasteiger partial charge in [0.05, 0.1) is 12.1 Å². The molecule has 0 radical (unpaired) electrons. The molecule has 1 unspecified atom stereocenters. The highest BCUT2D eigenvalue weighted by molar-refractivity contribution is 5.93. The number of nitrogens with zero attached hydrogens (tertiary/aromatic N) is 2. The van der Waals surface area contributed by atoms with Crippen molar-refractivity contribution in [1.29, 1.82) is 0 Å². The van der Waals surface area contributed by atoms with Gasteiger partial charge in [0.1, 0.15) is 12.0 Å². The van der Waals surface area contributed by atoms with Crippen molar-refractivity contribution in [3.63, 3.8) is 0 Å². The molecule has 0 aromatic carbocycles. The summed E-state index contributed by atoms with van der Waals surface area (Å²) >= 11 is 0. The van der Waals surface area contributed by atoms with Crippen LogP contribution in [0.25, 0.3) is 0 Å². The topological polar surface area (TPSA) is 62.7 Å². The smallest absolute Gasteiger partial charge is 0.256 e. The third-order valence-corrected chi connectivity index (χ3v) is 3.70. The SMILES string of the molecule is CN1CCCC(CN(C)C(=O)c2coc(CN)c2)C1. The fourth-order valence-corrected chi connectivity index (χ4v) is 2.71. The highest BCUT2D eigenvalue weighted by Crippen LogP contribution is 2.17. The Labute approximate surface area is 114 Å². The lowest BCUT2D eigenvalue weighted by Gasteiger charge is -2.32. The minimum Gasteiger partial charge on any atom is -0.467 e. The second-order valence-corrected chi connectivity index (χ2v) is 5.46. The van der Waals surface area contributed by atoms with Crippen LogP contribution in [0.1, 0.15) is 29.0 Å². The van der Waals surface area contributed by atoms with E-state index in [-0.39, 0.29) is 5.91 Å². The molecular formula is C14H23N3O2. The zero-order valence-corrected chi connectivity index (χ0v) is 11.8. The average molecular weight is 265 g/mol. The molecule has 0 aliphatic carbocycles. The molecule has 19 heavy (non-hydrogen) atoms. The summed E-state index contributed by atoms with van der Waals surface area (Å²) in [6, 6.07) is 1.73. The molecular weight excluding hydrogens is 242 g/mol. The Bertz CT molecular complexity index is 430. The summed E-state index contributed by atoms with van der Waals surface area (Å²) in [6.07, 6.45) is 3.90. The van der Waals surface area contributed by atoms with Gasteiger partial charge >= 0.3 is 0 Å². The van der Waals surface area contributed by atoms with Crippen LogP contribution in [0.5, 0.6) is 0 Å². The molecule has 5 heteroatoms. The van der Waals surface area contributed by atoms with Gasteiger partial charge in [-0.2, -0.15) is 0 Å². The largest absolute Gasteiger partial charge is 0.467 e. The summed E-state index contributed by atoms with van der Waals surface area (Å²) < 4.78 is 5.21. The summed E-state index contributed by atoms with van der Waals surface area (Å²) in [6.45, 7) is 3.35. The van der Waals surface area contributed by atoms with Crippen LogP contribution in [0.2, 0.25) is 0 Å². The van der Waals surface area contributed by atoms with E-state index < -0.39 is 0 Å². The first-order chi connectivity index (χ1) is 9.10. The van der Waals surface area contributed by atoms with Crippen molar-refractivity contribution in [2.45, 2.75) is 19.4 Å². The lowest BCUT2D eigenvalue weighted by Crippen LogP contribution is -2.39. The third-order valence-electron chi connectivity index (χ3n) is 3.70. The van der Waals surface area contributed by atoms with E-state index in [0.717, 1.165) is 19.6 Å². The minimum absolute atomic E-state index is 0.0108. The molecule has 0 bridgehead atoms. The lowest BCUT2D eigenvalue weighted by atomic mass is 9.98. The zero-order chi connectivity index (χ0) is 13.8. The molecule has 1 fully saturated rings. The number of piperidine rings is 1. The Balaban J connectivity index is 1.91. The van der Waals surface area contributed by atoms with Crippen molar-refractivity contribution in [3.05, 3.63) is 23.7 Å². The number of nitrogens with two attached hydrogens (primary N) is 1. The van der Waals surface area contributed by atoms with Crippen LogP contribution in [-0.2, 0) is 6.54 Å². The normalized spacial score (nSPS) is 20.5. The molecule has 2 heterocycles. The van der Waals surface area contributed by atoms with Crippen molar-refractivity contribution < 1.29 is 9.21 Å². The van der Waals surface area contributed by atoms with Crippen LogP contribution >= 0.6 is 0 Å². The molecule has 5 nitrogen and oxygen atoms in total. The maximum atomic E-state index is 12.2. The van der Waals surface area contributed by atoms with Gasteiger partial charge in [0.15, 0.2) is 0 Å². The van der Waals surface area contributed by atoms with Crippen molar-refractivity contribution in [2.24, 2.45) is 11.7 Å². The number of amides is 1. The maximum Gasteiger partial charge on any atom is 0.256 e. The van der Waals surface area contributed by atoms with Crippen LogP contribution in [0.15, 0.2) is 16.7 Å². The summed E-state index contributed by atoms with van der Waals surface area (Å²) in [4.78, 5) is 16.4. The van der Waals surface area contributed by atoms with Gasteiger partial charge in [-0.1, -0.05) is 0 Å². The Morgan fingerprint density at radius 2 is 2.42 bits per heavy atom. The third kappa shape index (κ3) is 3.58. The molecule has 1 aliphatic heterocycles. The number of carbonyl (C=O) groups excluding carboxylic acids is 1. The molecule has 1 saturated heterocycles. The molecule has 1 aromatic heterocycles. The van der Waals surface area contributed by atoms with E-state index in [1.165, 1.54) is 19.1 Å². The van der Waals surface area contributed by atoms with Gasteiger partial charge < -0.3 is 20.0 Å². The van der Waals surface area contributed by atoms with Crippen LogP contribution in [0, 0.1) is 5.92 Å². The Morgan fingerprint density at radius 1 is 1.63 bits per heavy atom. The van der Waals surface area contributed by atoms with Crippen LogP contribution in [-0.4, -0.2) is 49.4 Å². The highest BCUT2D eigenvalue weighted by atomic mass is 16.3. The number of furan rings is 1. The van der Waals surface area contributed by atoms with E-state index in [0.29, 0.717) is 23.8 Å². The lowest BCUT2D eigenvalue weighted by molar-refractivity contribution is 0.0740. The second kappa shape index (κ2) is 6.21. The fourth-order valence-electron chi connectivity index (χ4n) is 2.71. The van der Waals surface area contributed by atoms with Crippen LogP contribution in [0.3, 0.4) is 0 Å². The van der Waals surface area contributed by atoms with Crippen molar-refractivity contribution >= 4 is 5.91 Å². The monoisotopic (exact) mass is 265 g/mol. The van der Waals surface area contributed by atoms with Crippen molar-refractivity contribution in [1.82, 2.24) is 9.80 Å². The first kappa shape index (κ1) is 14.1. The molecule has 1 aromatic rings. The molecule has 106 valence electrons. The average Bonchev–Trinajstić information content (AvgIpc) is 2.86. The number of likely N-dealkylation sites (tertiary alicyclic amines) is 1. The Kier molecular flexibility index (Phi) is 4.61. The molecule has 1 amide bonds. The first-order valence-corrected chi connectivity index (χ1v) is 6.81. The summed E-state index contributed by atoms with van der Waals surface area (Å²) in [5.74, 6) is 1.22. The zero-order valence-electron chi connectivity index (χ0n) is 11.8. The molecule has 2 rings (SSSR count). The first-order valence-electron chi connectivity index (χ1n) is 6.81. The van der Waals surface area contributed by atoms with E-state index >= 15 is 0 Å². The molecule has 2 N–H and O–H groups in total. The Morgan fingerprint density at radius 3 is 3.05 bits per heavy atom. The van der Waals surface area contributed by atoms with Gasteiger partial charge in [-0.25, -0.2) is 0 Å². The van der Waals surface area contributed by atoms with Gasteiger partial charge in [-0.05, 0) is 38.4 Å². The van der Waals surface area contributed by atoms with Crippen LogP contribution in [0.4, 0.5) is 0 Å².